The molecule has 1 aromatic carbocycles. The molecule has 0 saturated heterocycles. The Labute approximate surface area is 111 Å². The molecule has 18 heavy (non-hydrogen) atoms. The van der Waals surface area contributed by atoms with Crippen LogP contribution in [0.15, 0.2) is 18.2 Å². The lowest BCUT2D eigenvalue weighted by atomic mass is 10.1. The molecule has 2 nitrogen and oxygen atoms in total. The highest BCUT2D eigenvalue weighted by molar-refractivity contribution is 5.53. The van der Waals surface area contributed by atoms with E-state index in [0.29, 0.717) is 11.8 Å². The van der Waals surface area contributed by atoms with E-state index in [4.69, 9.17) is 0 Å². The van der Waals surface area contributed by atoms with E-state index in [0.717, 1.165) is 11.3 Å². The van der Waals surface area contributed by atoms with E-state index in [2.05, 4.69) is 19.2 Å². The Morgan fingerprint density at radius 3 is 2.56 bits per heavy atom. The smallest absolute Gasteiger partial charge is 0.115 e. The van der Waals surface area contributed by atoms with Gasteiger partial charge in [0.05, 0.1) is 0 Å². The lowest BCUT2D eigenvalue weighted by Crippen LogP contribution is -2.15. The van der Waals surface area contributed by atoms with Gasteiger partial charge in [-0.05, 0) is 44.0 Å². The number of anilines is 1. The standard InChI is InChI=1S/C16H27NO/c1-4-5-6-7-8-9-14(3)17-16-11-10-15(18)12-13(16)2/h10-12,14,17-18H,4-9H2,1-3H3. The predicted octanol–water partition coefficient (Wildman–Crippen LogP) is 4.86. The SMILES string of the molecule is CCCCCCCC(C)Nc1ccc(O)cc1C. The Morgan fingerprint density at radius 2 is 1.89 bits per heavy atom. The molecule has 0 aliphatic heterocycles. The zero-order valence-electron chi connectivity index (χ0n) is 12.0. The largest absolute Gasteiger partial charge is 0.508 e. The predicted molar refractivity (Wildman–Crippen MR) is 79.3 cm³/mol. The second kappa shape index (κ2) is 8.02. The Morgan fingerprint density at radius 1 is 1.17 bits per heavy atom. The summed E-state index contributed by atoms with van der Waals surface area (Å²) >= 11 is 0. The van der Waals surface area contributed by atoms with Crippen LogP contribution in [-0.2, 0) is 0 Å². The Hall–Kier alpha value is -1.18. The zero-order valence-corrected chi connectivity index (χ0v) is 12.0. The number of nitrogens with one attached hydrogen (secondary N) is 1. The highest BCUT2D eigenvalue weighted by Crippen LogP contribution is 2.21. The maximum atomic E-state index is 9.37. The molecular formula is C16H27NO. The third-order valence-electron chi connectivity index (χ3n) is 3.35. The van der Waals surface area contributed by atoms with Gasteiger partial charge in [0, 0.05) is 11.7 Å². The quantitative estimate of drug-likeness (QED) is 0.509. The molecule has 0 aliphatic rings. The van der Waals surface area contributed by atoms with Crippen molar-refractivity contribution in [2.75, 3.05) is 5.32 Å². The van der Waals surface area contributed by atoms with Crippen LogP contribution in [0.3, 0.4) is 0 Å². The van der Waals surface area contributed by atoms with Gasteiger partial charge in [-0.15, -0.1) is 0 Å². The summed E-state index contributed by atoms with van der Waals surface area (Å²) in [7, 11) is 0. The Kier molecular flexibility index (Phi) is 6.63. The second-order valence-corrected chi connectivity index (χ2v) is 5.25. The number of hydrogen-bond acceptors (Lipinski definition) is 2. The molecule has 1 aromatic rings. The van der Waals surface area contributed by atoms with Crippen LogP contribution in [0.2, 0.25) is 0 Å². The van der Waals surface area contributed by atoms with Crippen molar-refractivity contribution >= 4 is 5.69 Å². The average Bonchev–Trinajstić information content (AvgIpc) is 2.32. The molecule has 0 aromatic heterocycles. The molecule has 1 unspecified atom stereocenters. The summed E-state index contributed by atoms with van der Waals surface area (Å²) < 4.78 is 0. The minimum absolute atomic E-state index is 0.338. The molecule has 0 heterocycles. The molecule has 2 heteroatoms. The third-order valence-corrected chi connectivity index (χ3v) is 3.35. The summed E-state index contributed by atoms with van der Waals surface area (Å²) in [6, 6.07) is 5.99. The molecule has 0 saturated carbocycles. The van der Waals surface area contributed by atoms with E-state index < -0.39 is 0 Å². The van der Waals surface area contributed by atoms with Gasteiger partial charge in [-0.25, -0.2) is 0 Å². The summed E-state index contributed by atoms with van der Waals surface area (Å²) in [5.41, 5.74) is 2.24. The van der Waals surface area contributed by atoms with E-state index in [-0.39, 0.29) is 0 Å². The summed E-state index contributed by atoms with van der Waals surface area (Å²) in [4.78, 5) is 0. The maximum absolute atomic E-state index is 9.37. The summed E-state index contributed by atoms with van der Waals surface area (Å²) in [6.07, 6.45) is 7.88. The average molecular weight is 249 g/mol. The first-order valence-electron chi connectivity index (χ1n) is 7.19. The van der Waals surface area contributed by atoms with Gasteiger partial charge in [0.25, 0.3) is 0 Å². The monoisotopic (exact) mass is 249 g/mol. The maximum Gasteiger partial charge on any atom is 0.115 e. The van der Waals surface area contributed by atoms with E-state index >= 15 is 0 Å². The number of aromatic hydroxyl groups is 1. The van der Waals surface area contributed by atoms with Crippen LogP contribution >= 0.6 is 0 Å². The summed E-state index contributed by atoms with van der Waals surface area (Å²) in [6.45, 7) is 6.50. The van der Waals surface area contributed by atoms with Gasteiger partial charge < -0.3 is 10.4 Å². The van der Waals surface area contributed by atoms with Crippen LogP contribution in [0.1, 0.15) is 57.9 Å². The number of unbranched alkanes of at least 4 members (excludes halogenated alkanes) is 4. The normalized spacial score (nSPS) is 12.4. The molecule has 0 radical (unpaired) electrons. The fourth-order valence-corrected chi connectivity index (χ4v) is 2.20. The first-order valence-corrected chi connectivity index (χ1v) is 7.19. The van der Waals surface area contributed by atoms with Gasteiger partial charge in [-0.2, -0.15) is 0 Å². The minimum Gasteiger partial charge on any atom is -0.508 e. The van der Waals surface area contributed by atoms with Crippen LogP contribution in [0.25, 0.3) is 0 Å². The number of hydrogen-bond donors (Lipinski definition) is 2. The fourth-order valence-electron chi connectivity index (χ4n) is 2.20. The third kappa shape index (κ3) is 5.44. The summed E-state index contributed by atoms with van der Waals surface area (Å²) in [5, 5.41) is 12.9. The van der Waals surface area contributed by atoms with E-state index in [1.807, 2.05) is 13.0 Å². The number of phenolic OH excluding ortho intramolecular Hbond substituents is 1. The number of benzene rings is 1. The lowest BCUT2D eigenvalue weighted by molar-refractivity contribution is 0.475. The van der Waals surface area contributed by atoms with Crippen molar-refractivity contribution in [1.29, 1.82) is 0 Å². The Balaban J connectivity index is 2.28. The Bertz CT molecular complexity index is 349. The molecule has 0 fully saturated rings. The van der Waals surface area contributed by atoms with Crippen LogP contribution in [0.4, 0.5) is 5.69 Å². The molecule has 0 spiro atoms. The number of rotatable bonds is 8. The molecule has 0 bridgehead atoms. The van der Waals surface area contributed by atoms with Crippen molar-refractivity contribution in [3.05, 3.63) is 23.8 Å². The molecule has 102 valence electrons. The zero-order chi connectivity index (χ0) is 13.4. The van der Waals surface area contributed by atoms with Gasteiger partial charge >= 0.3 is 0 Å². The van der Waals surface area contributed by atoms with E-state index in [9.17, 15) is 5.11 Å². The van der Waals surface area contributed by atoms with Crippen molar-refractivity contribution in [2.45, 2.75) is 65.3 Å². The van der Waals surface area contributed by atoms with Crippen molar-refractivity contribution < 1.29 is 5.11 Å². The van der Waals surface area contributed by atoms with Crippen molar-refractivity contribution in [3.8, 4) is 5.75 Å². The van der Waals surface area contributed by atoms with Gasteiger partial charge in [-0.1, -0.05) is 39.0 Å². The highest BCUT2D eigenvalue weighted by Gasteiger charge is 2.04. The molecule has 2 N–H and O–H groups in total. The van der Waals surface area contributed by atoms with Crippen molar-refractivity contribution in [1.82, 2.24) is 0 Å². The van der Waals surface area contributed by atoms with Gasteiger partial charge in [-0.3, -0.25) is 0 Å². The fraction of sp³-hybridized carbons (Fsp3) is 0.625. The van der Waals surface area contributed by atoms with Gasteiger partial charge in [0.1, 0.15) is 5.75 Å². The number of aryl methyl sites for hydroxylation is 1. The van der Waals surface area contributed by atoms with Gasteiger partial charge in [0.2, 0.25) is 0 Å². The van der Waals surface area contributed by atoms with E-state index in [1.165, 1.54) is 38.5 Å². The lowest BCUT2D eigenvalue weighted by Gasteiger charge is -2.17. The number of phenols is 1. The van der Waals surface area contributed by atoms with Crippen LogP contribution in [0.5, 0.6) is 5.75 Å². The molecule has 1 rings (SSSR count). The van der Waals surface area contributed by atoms with E-state index in [1.54, 1.807) is 12.1 Å². The first kappa shape index (κ1) is 14.9. The molecule has 0 amide bonds. The van der Waals surface area contributed by atoms with Gasteiger partial charge in [0.15, 0.2) is 0 Å². The molecule has 1 atom stereocenters. The topological polar surface area (TPSA) is 32.3 Å². The minimum atomic E-state index is 0.338. The van der Waals surface area contributed by atoms with Crippen LogP contribution < -0.4 is 5.32 Å². The molecule has 0 aliphatic carbocycles. The van der Waals surface area contributed by atoms with Crippen molar-refractivity contribution in [2.24, 2.45) is 0 Å². The van der Waals surface area contributed by atoms with Crippen LogP contribution in [-0.4, -0.2) is 11.1 Å². The van der Waals surface area contributed by atoms with Crippen molar-refractivity contribution in [3.63, 3.8) is 0 Å². The first-order chi connectivity index (χ1) is 8.63. The second-order valence-electron chi connectivity index (χ2n) is 5.25. The summed E-state index contributed by atoms with van der Waals surface area (Å²) in [5.74, 6) is 0.338. The van der Waals surface area contributed by atoms with Crippen LogP contribution in [0, 0.1) is 6.92 Å². The molecular weight excluding hydrogens is 222 g/mol. The highest BCUT2D eigenvalue weighted by atomic mass is 16.3.